The Kier molecular flexibility index (Phi) is 10.1. The molecule has 0 fully saturated rings. The summed E-state index contributed by atoms with van der Waals surface area (Å²) >= 11 is 0. The van der Waals surface area contributed by atoms with E-state index in [-0.39, 0.29) is 16.2 Å². The van der Waals surface area contributed by atoms with E-state index in [0.717, 1.165) is 17.1 Å². The summed E-state index contributed by atoms with van der Waals surface area (Å²) in [6.07, 6.45) is 0. The highest BCUT2D eigenvalue weighted by atomic mass is 15.1. The Balaban J connectivity index is 1.18. The topological polar surface area (TPSA) is 3.24 Å². The largest absolute Gasteiger partial charge is 0.309 e. The molecule has 1 heteroatoms. The lowest BCUT2D eigenvalue weighted by Crippen LogP contribution is -2.17. The Bertz CT molecular complexity index is 3150. The molecule has 0 radical (unpaired) electrons. The molecule has 0 unspecified atom stereocenters. The summed E-state index contributed by atoms with van der Waals surface area (Å²) in [5.41, 5.74) is 21.1. The average molecular weight is 828 g/mol. The number of hydrogen-bond acceptors (Lipinski definition) is 1. The Labute approximate surface area is 380 Å². The van der Waals surface area contributed by atoms with E-state index in [2.05, 4.69) is 260 Å². The molecular formula is C63H57N. The standard InChI is InChI=1S/C63H57N/c1-61(2,3)47-38-46(39-48(41-47)62(4,5)6)50-24-13-16-30-58(50)64(49-35-32-42(33-36-49)45-34-37-53-52-25-12-15-29-56(52)63(7,8)57(53)40-45)59-31-17-14-26-54(59)55-28-19-23-44-22-18-27-51(60(44)55)43-20-10-9-11-21-43/h9-41H,1-8H3. The Morgan fingerprint density at radius 3 is 1.52 bits per heavy atom. The molecule has 10 rings (SSSR count). The minimum atomic E-state index is -0.0643. The molecule has 314 valence electrons. The van der Waals surface area contributed by atoms with Gasteiger partial charge < -0.3 is 4.90 Å². The van der Waals surface area contributed by atoms with Crippen molar-refractivity contribution >= 4 is 27.8 Å². The van der Waals surface area contributed by atoms with Gasteiger partial charge in [-0.3, -0.25) is 0 Å². The smallest absolute Gasteiger partial charge is 0.0540 e. The van der Waals surface area contributed by atoms with E-state index in [9.17, 15) is 0 Å². The minimum Gasteiger partial charge on any atom is -0.309 e. The van der Waals surface area contributed by atoms with Crippen molar-refractivity contribution < 1.29 is 0 Å². The first-order valence-corrected chi connectivity index (χ1v) is 22.8. The summed E-state index contributed by atoms with van der Waals surface area (Å²) in [4.78, 5) is 2.50. The second-order valence-electron chi connectivity index (χ2n) is 20.2. The van der Waals surface area contributed by atoms with Crippen LogP contribution in [-0.2, 0) is 16.2 Å². The van der Waals surface area contributed by atoms with Gasteiger partial charge in [-0.1, -0.05) is 225 Å². The van der Waals surface area contributed by atoms with Crippen molar-refractivity contribution in [2.45, 2.75) is 71.6 Å². The maximum atomic E-state index is 2.50. The van der Waals surface area contributed by atoms with Crippen molar-refractivity contribution in [2.75, 3.05) is 4.90 Å². The first-order valence-electron chi connectivity index (χ1n) is 22.8. The van der Waals surface area contributed by atoms with E-state index in [0.29, 0.717) is 0 Å². The van der Waals surface area contributed by atoms with Crippen molar-refractivity contribution in [3.05, 3.63) is 222 Å². The van der Waals surface area contributed by atoms with Gasteiger partial charge in [0.15, 0.2) is 0 Å². The van der Waals surface area contributed by atoms with Gasteiger partial charge in [0.1, 0.15) is 0 Å². The molecular weight excluding hydrogens is 771 g/mol. The molecule has 0 saturated carbocycles. The summed E-state index contributed by atoms with van der Waals surface area (Å²) in [6, 6.07) is 74.7. The SMILES string of the molecule is CC(C)(C)c1cc(-c2ccccc2N(c2ccc(-c3ccc4c(c3)C(C)(C)c3ccccc3-4)cc2)c2ccccc2-c2cccc3cccc(-c4ccccc4)c23)cc(C(C)(C)C)c1. The van der Waals surface area contributed by atoms with E-state index in [1.54, 1.807) is 0 Å². The zero-order valence-electron chi connectivity index (χ0n) is 38.5. The average Bonchev–Trinajstić information content (AvgIpc) is 3.54. The maximum Gasteiger partial charge on any atom is 0.0540 e. The van der Waals surface area contributed by atoms with E-state index >= 15 is 0 Å². The number of benzene rings is 9. The summed E-state index contributed by atoms with van der Waals surface area (Å²) < 4.78 is 0. The van der Waals surface area contributed by atoms with E-state index in [4.69, 9.17) is 0 Å². The van der Waals surface area contributed by atoms with Gasteiger partial charge in [-0.25, -0.2) is 0 Å². The van der Waals surface area contributed by atoms with E-state index < -0.39 is 0 Å². The molecule has 1 nitrogen and oxygen atoms in total. The molecule has 0 bridgehead atoms. The number of para-hydroxylation sites is 2. The predicted octanol–water partition coefficient (Wildman–Crippen LogP) is 17.9. The molecule has 9 aromatic carbocycles. The van der Waals surface area contributed by atoms with Gasteiger partial charge in [-0.15, -0.1) is 0 Å². The Hall–Kier alpha value is -6.96. The fourth-order valence-electron chi connectivity index (χ4n) is 9.98. The monoisotopic (exact) mass is 827 g/mol. The second-order valence-corrected chi connectivity index (χ2v) is 20.2. The number of rotatable bonds is 7. The summed E-state index contributed by atoms with van der Waals surface area (Å²) in [6.45, 7) is 18.7. The molecule has 0 N–H and O–H groups in total. The number of anilines is 3. The van der Waals surface area contributed by atoms with Crippen LogP contribution in [0.2, 0.25) is 0 Å². The first kappa shape index (κ1) is 41.1. The fourth-order valence-corrected chi connectivity index (χ4v) is 9.98. The van der Waals surface area contributed by atoms with Gasteiger partial charge in [0.05, 0.1) is 11.4 Å². The van der Waals surface area contributed by atoms with Crippen LogP contribution < -0.4 is 4.90 Å². The molecule has 0 heterocycles. The molecule has 0 amide bonds. The lowest BCUT2D eigenvalue weighted by Gasteiger charge is -2.31. The van der Waals surface area contributed by atoms with Crippen LogP contribution in [0.4, 0.5) is 17.1 Å². The quantitative estimate of drug-likeness (QED) is 0.155. The zero-order valence-corrected chi connectivity index (χ0v) is 38.5. The molecule has 0 saturated heterocycles. The van der Waals surface area contributed by atoms with Crippen LogP contribution in [-0.4, -0.2) is 0 Å². The molecule has 1 aliphatic rings. The molecule has 1 aliphatic carbocycles. The van der Waals surface area contributed by atoms with E-state index in [1.807, 2.05) is 0 Å². The molecule has 0 aliphatic heterocycles. The van der Waals surface area contributed by atoms with Gasteiger partial charge in [0.25, 0.3) is 0 Å². The molecule has 0 atom stereocenters. The van der Waals surface area contributed by atoms with Gasteiger partial charge in [0.2, 0.25) is 0 Å². The summed E-state index contributed by atoms with van der Waals surface area (Å²) in [5.74, 6) is 0. The van der Waals surface area contributed by atoms with Crippen molar-refractivity contribution in [1.82, 2.24) is 0 Å². The van der Waals surface area contributed by atoms with Crippen LogP contribution in [0, 0.1) is 0 Å². The van der Waals surface area contributed by atoms with Crippen molar-refractivity contribution in [1.29, 1.82) is 0 Å². The number of fused-ring (bicyclic) bond motifs is 4. The van der Waals surface area contributed by atoms with Crippen molar-refractivity contribution in [2.24, 2.45) is 0 Å². The molecule has 64 heavy (non-hydrogen) atoms. The van der Waals surface area contributed by atoms with Crippen LogP contribution in [0.5, 0.6) is 0 Å². The van der Waals surface area contributed by atoms with Gasteiger partial charge in [-0.05, 0) is 119 Å². The van der Waals surface area contributed by atoms with Crippen LogP contribution in [0.1, 0.15) is 77.6 Å². The van der Waals surface area contributed by atoms with Gasteiger partial charge in [-0.2, -0.15) is 0 Å². The minimum absolute atomic E-state index is 0.0204. The molecule has 9 aromatic rings. The van der Waals surface area contributed by atoms with Crippen LogP contribution >= 0.6 is 0 Å². The number of hydrogen-bond donors (Lipinski definition) is 0. The Morgan fingerprint density at radius 2 is 0.859 bits per heavy atom. The summed E-state index contributed by atoms with van der Waals surface area (Å²) in [7, 11) is 0. The lowest BCUT2D eigenvalue weighted by molar-refractivity contribution is 0.569. The maximum absolute atomic E-state index is 2.50. The van der Waals surface area contributed by atoms with Crippen LogP contribution in [0.25, 0.3) is 66.4 Å². The highest BCUT2D eigenvalue weighted by Crippen LogP contribution is 2.51. The Morgan fingerprint density at radius 1 is 0.344 bits per heavy atom. The number of nitrogens with zero attached hydrogens (tertiary/aromatic N) is 1. The highest BCUT2D eigenvalue weighted by molar-refractivity contribution is 6.09. The predicted molar refractivity (Wildman–Crippen MR) is 275 cm³/mol. The zero-order chi connectivity index (χ0) is 44.4. The van der Waals surface area contributed by atoms with Crippen molar-refractivity contribution in [3.8, 4) is 55.6 Å². The van der Waals surface area contributed by atoms with Gasteiger partial charge >= 0.3 is 0 Å². The van der Waals surface area contributed by atoms with Crippen molar-refractivity contribution in [3.63, 3.8) is 0 Å². The molecule has 0 aromatic heterocycles. The summed E-state index contributed by atoms with van der Waals surface area (Å²) in [5, 5.41) is 2.47. The third kappa shape index (κ3) is 7.24. The normalized spacial score (nSPS) is 13.1. The van der Waals surface area contributed by atoms with Gasteiger partial charge in [0, 0.05) is 22.2 Å². The first-order chi connectivity index (χ1) is 30.8. The third-order valence-corrected chi connectivity index (χ3v) is 13.6. The van der Waals surface area contributed by atoms with E-state index in [1.165, 1.54) is 88.7 Å². The lowest BCUT2D eigenvalue weighted by atomic mass is 9.78. The second kappa shape index (κ2) is 15.7. The fraction of sp³-hybridized carbons (Fsp3) is 0.175. The van der Waals surface area contributed by atoms with Crippen LogP contribution in [0.15, 0.2) is 200 Å². The molecule has 0 spiro atoms. The highest BCUT2D eigenvalue weighted by Gasteiger charge is 2.35. The third-order valence-electron chi connectivity index (χ3n) is 13.6. The van der Waals surface area contributed by atoms with Crippen LogP contribution in [0.3, 0.4) is 0 Å².